The second kappa shape index (κ2) is 10.0. The van der Waals surface area contributed by atoms with Gasteiger partial charge < -0.3 is 10.2 Å². The molecule has 1 fully saturated rings. The predicted molar refractivity (Wildman–Crippen MR) is 116 cm³/mol. The summed E-state index contributed by atoms with van der Waals surface area (Å²) in [6.45, 7) is 2.89. The third-order valence-corrected chi connectivity index (χ3v) is 6.80. The summed E-state index contributed by atoms with van der Waals surface area (Å²) in [6.07, 6.45) is 2.27. The van der Waals surface area contributed by atoms with Crippen LogP contribution in [0.5, 0.6) is 0 Å². The van der Waals surface area contributed by atoms with E-state index in [9.17, 15) is 22.4 Å². The van der Waals surface area contributed by atoms with Crippen LogP contribution in [0, 0.1) is 11.7 Å². The minimum absolute atomic E-state index is 0.109. The highest BCUT2D eigenvalue weighted by Crippen LogP contribution is 2.22. The van der Waals surface area contributed by atoms with Gasteiger partial charge in [0.05, 0.1) is 4.90 Å². The highest BCUT2D eigenvalue weighted by molar-refractivity contribution is 7.89. The van der Waals surface area contributed by atoms with Crippen molar-refractivity contribution in [1.29, 1.82) is 0 Å². The average molecular weight is 448 g/mol. The van der Waals surface area contributed by atoms with Gasteiger partial charge in [-0.15, -0.1) is 0 Å². The van der Waals surface area contributed by atoms with Gasteiger partial charge in [0.2, 0.25) is 15.9 Å². The first-order chi connectivity index (χ1) is 14.7. The molecule has 0 unspecified atom stereocenters. The molecule has 0 aliphatic carbocycles. The van der Waals surface area contributed by atoms with Crippen LogP contribution in [-0.2, 0) is 14.8 Å². The zero-order chi connectivity index (χ0) is 22.4. The summed E-state index contributed by atoms with van der Waals surface area (Å²) < 4.78 is 40.5. The fourth-order valence-electron chi connectivity index (χ4n) is 3.60. The van der Waals surface area contributed by atoms with Crippen LogP contribution >= 0.6 is 0 Å². The van der Waals surface area contributed by atoms with Crippen molar-refractivity contribution in [2.75, 3.05) is 25.0 Å². The Morgan fingerprint density at radius 2 is 1.65 bits per heavy atom. The van der Waals surface area contributed by atoms with Gasteiger partial charge in [0.15, 0.2) is 0 Å². The van der Waals surface area contributed by atoms with Crippen LogP contribution < -0.4 is 10.0 Å². The van der Waals surface area contributed by atoms with E-state index in [1.807, 2.05) is 0 Å². The number of rotatable bonds is 7. The number of hydrogen-bond donors (Lipinski definition) is 2. The molecule has 1 heterocycles. The maximum atomic E-state index is 13.0. The number of nitrogens with zero attached hydrogens (tertiary/aromatic N) is 1. The summed E-state index contributed by atoms with van der Waals surface area (Å²) in [7, 11) is -3.63. The Hall–Kier alpha value is -2.78. The molecular weight excluding hydrogens is 421 g/mol. The zero-order valence-corrected chi connectivity index (χ0v) is 18.1. The molecule has 0 aromatic heterocycles. The lowest BCUT2D eigenvalue weighted by Gasteiger charge is -2.32. The second-order valence-corrected chi connectivity index (χ2v) is 9.40. The maximum absolute atomic E-state index is 13.0. The van der Waals surface area contributed by atoms with Crippen LogP contribution in [0.4, 0.5) is 10.1 Å². The first-order valence-corrected chi connectivity index (χ1v) is 11.6. The Kier molecular flexibility index (Phi) is 7.40. The normalized spacial score (nSPS) is 15.0. The molecule has 0 bridgehead atoms. The lowest BCUT2D eigenvalue weighted by atomic mass is 9.93. The molecule has 9 heteroatoms. The molecule has 0 spiro atoms. The number of sulfonamides is 1. The number of anilines is 1. The van der Waals surface area contributed by atoms with Crippen molar-refractivity contribution < 1.29 is 22.4 Å². The number of piperidine rings is 1. The number of carbonyl (C=O) groups is 2. The average Bonchev–Trinajstić information content (AvgIpc) is 2.74. The molecule has 0 radical (unpaired) electrons. The van der Waals surface area contributed by atoms with Crippen molar-refractivity contribution in [3.8, 4) is 0 Å². The van der Waals surface area contributed by atoms with E-state index < -0.39 is 10.0 Å². The van der Waals surface area contributed by atoms with E-state index >= 15 is 0 Å². The molecule has 166 valence electrons. The fraction of sp³-hybridized carbons (Fsp3) is 0.364. The molecule has 2 aromatic carbocycles. The maximum Gasteiger partial charge on any atom is 0.253 e. The molecule has 1 saturated heterocycles. The Morgan fingerprint density at radius 1 is 1.03 bits per heavy atom. The van der Waals surface area contributed by atoms with Crippen molar-refractivity contribution in [1.82, 2.24) is 9.62 Å². The largest absolute Gasteiger partial charge is 0.339 e. The molecule has 3 rings (SSSR count). The minimum atomic E-state index is -3.63. The summed E-state index contributed by atoms with van der Waals surface area (Å²) >= 11 is 0. The summed E-state index contributed by atoms with van der Waals surface area (Å²) in [5.74, 6) is -0.385. The van der Waals surface area contributed by atoms with E-state index in [2.05, 4.69) is 10.0 Å². The van der Waals surface area contributed by atoms with E-state index in [-0.39, 0.29) is 22.5 Å². The van der Waals surface area contributed by atoms with Crippen LogP contribution in [0.15, 0.2) is 53.4 Å². The van der Waals surface area contributed by atoms with Gasteiger partial charge in [0, 0.05) is 37.8 Å². The van der Waals surface area contributed by atoms with Gasteiger partial charge in [-0.3, -0.25) is 9.59 Å². The van der Waals surface area contributed by atoms with Crippen LogP contribution in [-0.4, -0.2) is 44.8 Å². The smallest absolute Gasteiger partial charge is 0.253 e. The van der Waals surface area contributed by atoms with Gasteiger partial charge in [-0.1, -0.05) is 0 Å². The Morgan fingerprint density at radius 3 is 2.23 bits per heavy atom. The van der Waals surface area contributed by atoms with Crippen molar-refractivity contribution in [3.63, 3.8) is 0 Å². The molecule has 7 nitrogen and oxygen atoms in total. The molecule has 1 aliphatic rings. The molecule has 2 amide bonds. The summed E-state index contributed by atoms with van der Waals surface area (Å²) in [5, 5.41) is 2.60. The highest BCUT2D eigenvalue weighted by Gasteiger charge is 2.24. The topological polar surface area (TPSA) is 95.6 Å². The predicted octanol–water partition coefficient (Wildman–Crippen LogP) is 3.00. The molecule has 31 heavy (non-hydrogen) atoms. The van der Waals surface area contributed by atoms with Crippen molar-refractivity contribution in [2.45, 2.75) is 31.1 Å². The number of amides is 2. The summed E-state index contributed by atoms with van der Waals surface area (Å²) in [4.78, 5) is 25.4. The molecule has 0 atom stereocenters. The van der Waals surface area contributed by atoms with Gasteiger partial charge in [-0.05, 0) is 73.7 Å². The van der Waals surface area contributed by atoms with Gasteiger partial charge in [-0.25, -0.2) is 17.5 Å². The Labute approximate surface area is 181 Å². The van der Waals surface area contributed by atoms with Crippen LogP contribution in [0.2, 0.25) is 0 Å². The van der Waals surface area contributed by atoms with Gasteiger partial charge >= 0.3 is 0 Å². The standard InChI is InChI=1S/C22H26FN3O4S/c1-16(27)25-20-6-8-21(9-7-20)31(29,30)24-13-10-17-11-14-26(15-12-17)22(28)18-2-4-19(23)5-3-18/h2-9,17,24H,10-15H2,1H3,(H,25,27). The van der Waals surface area contributed by atoms with E-state index in [1.165, 1.54) is 43.3 Å². The first-order valence-electron chi connectivity index (χ1n) is 10.2. The number of halogens is 1. The van der Waals surface area contributed by atoms with Crippen molar-refractivity contribution in [2.24, 2.45) is 5.92 Å². The van der Waals surface area contributed by atoms with Gasteiger partial charge in [0.25, 0.3) is 5.91 Å². The van der Waals surface area contributed by atoms with Gasteiger partial charge in [-0.2, -0.15) is 0 Å². The van der Waals surface area contributed by atoms with Crippen molar-refractivity contribution in [3.05, 3.63) is 59.9 Å². The third kappa shape index (κ3) is 6.35. The molecule has 2 aromatic rings. The number of hydrogen-bond acceptors (Lipinski definition) is 4. The Balaban J connectivity index is 1.44. The fourth-order valence-corrected chi connectivity index (χ4v) is 4.65. The second-order valence-electron chi connectivity index (χ2n) is 7.63. The lowest BCUT2D eigenvalue weighted by Crippen LogP contribution is -2.39. The molecule has 1 aliphatic heterocycles. The van der Waals surface area contributed by atoms with Gasteiger partial charge in [0.1, 0.15) is 5.82 Å². The molecule has 2 N–H and O–H groups in total. The highest BCUT2D eigenvalue weighted by atomic mass is 32.2. The molecule has 0 saturated carbocycles. The van der Waals surface area contributed by atoms with E-state index in [4.69, 9.17) is 0 Å². The first kappa shape index (κ1) is 22.9. The Bertz CT molecular complexity index is 1020. The van der Waals surface area contributed by atoms with E-state index in [1.54, 1.807) is 17.0 Å². The van der Waals surface area contributed by atoms with Crippen molar-refractivity contribution >= 4 is 27.5 Å². The quantitative estimate of drug-likeness (QED) is 0.682. The third-order valence-electron chi connectivity index (χ3n) is 5.32. The minimum Gasteiger partial charge on any atom is -0.339 e. The zero-order valence-electron chi connectivity index (χ0n) is 17.3. The van der Waals surface area contributed by atoms with Crippen LogP contribution in [0.3, 0.4) is 0 Å². The van der Waals surface area contributed by atoms with Crippen LogP contribution in [0.1, 0.15) is 36.5 Å². The van der Waals surface area contributed by atoms with E-state index in [0.29, 0.717) is 43.2 Å². The SMILES string of the molecule is CC(=O)Nc1ccc(S(=O)(=O)NCCC2CCN(C(=O)c3ccc(F)cc3)CC2)cc1. The number of likely N-dealkylation sites (tertiary alicyclic amines) is 1. The summed E-state index contributed by atoms with van der Waals surface area (Å²) in [6, 6.07) is 11.5. The number of benzene rings is 2. The lowest BCUT2D eigenvalue weighted by molar-refractivity contribution is -0.114. The number of nitrogens with one attached hydrogen (secondary N) is 2. The molecular formula is C22H26FN3O4S. The van der Waals surface area contributed by atoms with Crippen LogP contribution in [0.25, 0.3) is 0 Å². The monoisotopic (exact) mass is 447 g/mol. The summed E-state index contributed by atoms with van der Waals surface area (Å²) in [5.41, 5.74) is 1.01. The van der Waals surface area contributed by atoms with E-state index in [0.717, 1.165) is 12.8 Å². The number of carbonyl (C=O) groups excluding carboxylic acids is 2.